The molecular formula is C25H28FN5O. The Morgan fingerprint density at radius 2 is 1.91 bits per heavy atom. The smallest absolute Gasteiger partial charge is 0.248 e. The molecule has 4 rings (SSSR count). The Morgan fingerprint density at radius 3 is 2.59 bits per heavy atom. The second-order valence-corrected chi connectivity index (χ2v) is 8.45. The Hall–Kier alpha value is -3.32. The largest absolute Gasteiger partial charge is 0.366 e. The van der Waals surface area contributed by atoms with E-state index in [0.29, 0.717) is 18.1 Å². The standard InChI is InChI=1S/C25H28FN5O/c1-30(2)25-28-15-21(18-7-5-8-19(14-18)24(27)32)23(29-25)17-10-12-31(13-11-17)16-20-6-3-4-9-22(20)26/h3-9,14-15,17H,10-13,16H2,1-2H3,(H2,27,32). The summed E-state index contributed by atoms with van der Waals surface area (Å²) in [5.41, 5.74) is 9.47. The molecule has 1 aliphatic heterocycles. The highest BCUT2D eigenvalue weighted by molar-refractivity contribution is 5.94. The van der Waals surface area contributed by atoms with Gasteiger partial charge in [-0.05, 0) is 49.7 Å². The lowest BCUT2D eigenvalue weighted by Gasteiger charge is -2.32. The minimum atomic E-state index is -0.458. The Kier molecular flexibility index (Phi) is 6.46. The fourth-order valence-electron chi connectivity index (χ4n) is 4.21. The number of aromatic nitrogens is 2. The molecule has 7 heteroatoms. The van der Waals surface area contributed by atoms with E-state index in [1.807, 2.05) is 49.5 Å². The fraction of sp³-hybridized carbons (Fsp3) is 0.320. The minimum absolute atomic E-state index is 0.155. The molecule has 0 radical (unpaired) electrons. The summed E-state index contributed by atoms with van der Waals surface area (Å²) in [4.78, 5) is 25.3. The number of carbonyl (C=O) groups excluding carboxylic acids is 1. The zero-order valence-electron chi connectivity index (χ0n) is 18.5. The second kappa shape index (κ2) is 9.44. The number of carbonyl (C=O) groups is 1. The first-order chi connectivity index (χ1) is 15.4. The minimum Gasteiger partial charge on any atom is -0.366 e. The van der Waals surface area contributed by atoms with E-state index in [4.69, 9.17) is 10.7 Å². The van der Waals surface area contributed by atoms with Crippen LogP contribution in [0.3, 0.4) is 0 Å². The third-order valence-electron chi connectivity index (χ3n) is 5.99. The van der Waals surface area contributed by atoms with E-state index < -0.39 is 5.91 Å². The number of anilines is 1. The highest BCUT2D eigenvalue weighted by Crippen LogP contribution is 2.35. The van der Waals surface area contributed by atoms with Crippen LogP contribution in [-0.2, 0) is 6.54 Å². The van der Waals surface area contributed by atoms with Gasteiger partial charge in [-0.25, -0.2) is 14.4 Å². The highest BCUT2D eigenvalue weighted by atomic mass is 19.1. The zero-order chi connectivity index (χ0) is 22.7. The van der Waals surface area contributed by atoms with E-state index >= 15 is 0 Å². The lowest BCUT2D eigenvalue weighted by molar-refractivity contribution is 0.100. The first-order valence-electron chi connectivity index (χ1n) is 10.8. The second-order valence-electron chi connectivity index (χ2n) is 8.45. The molecule has 1 amide bonds. The van der Waals surface area contributed by atoms with Crippen LogP contribution in [0.1, 0.15) is 40.4 Å². The predicted molar refractivity (Wildman–Crippen MR) is 124 cm³/mol. The average Bonchev–Trinajstić information content (AvgIpc) is 2.81. The summed E-state index contributed by atoms with van der Waals surface area (Å²) in [7, 11) is 3.84. The number of nitrogens with two attached hydrogens (primary N) is 1. The lowest BCUT2D eigenvalue weighted by Crippen LogP contribution is -2.33. The molecule has 6 nitrogen and oxygen atoms in total. The first kappa shape index (κ1) is 21.9. The van der Waals surface area contributed by atoms with Gasteiger partial charge in [0.1, 0.15) is 5.82 Å². The number of hydrogen-bond acceptors (Lipinski definition) is 5. The Balaban J connectivity index is 1.59. The normalized spacial score (nSPS) is 15.0. The van der Waals surface area contributed by atoms with Crippen LogP contribution in [0.25, 0.3) is 11.1 Å². The first-order valence-corrected chi connectivity index (χ1v) is 10.8. The number of halogens is 1. The van der Waals surface area contributed by atoms with E-state index in [-0.39, 0.29) is 11.7 Å². The van der Waals surface area contributed by atoms with Gasteiger partial charge in [0.15, 0.2) is 0 Å². The number of hydrogen-bond donors (Lipinski definition) is 1. The number of rotatable bonds is 6. The molecule has 32 heavy (non-hydrogen) atoms. The molecule has 2 heterocycles. The van der Waals surface area contributed by atoms with Gasteiger partial charge in [0.25, 0.3) is 0 Å². The quantitative estimate of drug-likeness (QED) is 0.640. The maximum absolute atomic E-state index is 14.1. The number of likely N-dealkylation sites (tertiary alicyclic amines) is 1. The molecule has 2 N–H and O–H groups in total. The summed E-state index contributed by atoms with van der Waals surface area (Å²) < 4.78 is 14.1. The van der Waals surface area contributed by atoms with Crippen LogP contribution in [0.2, 0.25) is 0 Å². The number of nitrogens with zero attached hydrogens (tertiary/aromatic N) is 4. The van der Waals surface area contributed by atoms with Crippen molar-refractivity contribution in [2.45, 2.75) is 25.3 Å². The van der Waals surface area contributed by atoms with Crippen molar-refractivity contribution >= 4 is 11.9 Å². The van der Waals surface area contributed by atoms with Crippen molar-refractivity contribution in [1.82, 2.24) is 14.9 Å². The van der Waals surface area contributed by atoms with Gasteiger partial charge in [0, 0.05) is 49.4 Å². The van der Waals surface area contributed by atoms with E-state index in [1.165, 1.54) is 6.07 Å². The summed E-state index contributed by atoms with van der Waals surface area (Å²) in [6, 6.07) is 14.2. The lowest BCUT2D eigenvalue weighted by atomic mass is 9.88. The third kappa shape index (κ3) is 4.78. The molecule has 0 saturated carbocycles. The monoisotopic (exact) mass is 433 g/mol. The molecule has 166 valence electrons. The number of piperidine rings is 1. The van der Waals surface area contributed by atoms with E-state index in [0.717, 1.165) is 48.3 Å². The topological polar surface area (TPSA) is 75.4 Å². The molecule has 3 aromatic rings. The fourth-order valence-corrected chi connectivity index (χ4v) is 4.21. The molecule has 1 fully saturated rings. The van der Waals surface area contributed by atoms with Crippen LogP contribution in [0.4, 0.5) is 10.3 Å². The summed E-state index contributed by atoms with van der Waals surface area (Å²) in [5.74, 6) is 0.294. The van der Waals surface area contributed by atoms with E-state index in [2.05, 4.69) is 9.88 Å². The summed E-state index contributed by atoms with van der Waals surface area (Å²) in [5, 5.41) is 0. The van der Waals surface area contributed by atoms with Crippen molar-refractivity contribution < 1.29 is 9.18 Å². The number of benzene rings is 2. The molecule has 0 bridgehead atoms. The van der Waals surface area contributed by atoms with Crippen molar-refractivity contribution in [2.24, 2.45) is 5.73 Å². The molecule has 1 aliphatic rings. The van der Waals surface area contributed by atoms with Crippen molar-refractivity contribution in [3.8, 4) is 11.1 Å². The molecule has 0 aliphatic carbocycles. The zero-order valence-corrected chi connectivity index (χ0v) is 18.5. The van der Waals surface area contributed by atoms with Gasteiger partial charge in [-0.1, -0.05) is 30.3 Å². The van der Waals surface area contributed by atoms with Crippen LogP contribution in [0.5, 0.6) is 0 Å². The summed E-state index contributed by atoms with van der Waals surface area (Å²) in [6.45, 7) is 2.34. The van der Waals surface area contributed by atoms with Gasteiger partial charge < -0.3 is 10.6 Å². The van der Waals surface area contributed by atoms with Crippen molar-refractivity contribution in [2.75, 3.05) is 32.1 Å². The van der Waals surface area contributed by atoms with E-state index in [1.54, 1.807) is 18.2 Å². The van der Waals surface area contributed by atoms with Crippen molar-refractivity contribution in [3.63, 3.8) is 0 Å². The molecule has 2 aromatic carbocycles. The predicted octanol–water partition coefficient (Wildman–Crippen LogP) is 3.83. The van der Waals surface area contributed by atoms with Gasteiger partial charge >= 0.3 is 0 Å². The molecule has 0 atom stereocenters. The Bertz CT molecular complexity index is 1110. The van der Waals surface area contributed by atoms with Crippen molar-refractivity contribution in [1.29, 1.82) is 0 Å². The van der Waals surface area contributed by atoms with Crippen LogP contribution < -0.4 is 10.6 Å². The van der Waals surface area contributed by atoms with Gasteiger partial charge in [-0.3, -0.25) is 9.69 Å². The Morgan fingerprint density at radius 1 is 1.16 bits per heavy atom. The molecule has 1 aromatic heterocycles. The van der Waals surface area contributed by atoms with Gasteiger partial charge in [0.05, 0.1) is 5.69 Å². The third-order valence-corrected chi connectivity index (χ3v) is 5.99. The van der Waals surface area contributed by atoms with Crippen molar-refractivity contribution in [3.05, 3.63) is 77.4 Å². The van der Waals surface area contributed by atoms with Crippen LogP contribution in [-0.4, -0.2) is 48.0 Å². The highest BCUT2D eigenvalue weighted by Gasteiger charge is 2.26. The molecule has 0 unspecified atom stereocenters. The number of primary amides is 1. The maximum Gasteiger partial charge on any atom is 0.248 e. The van der Waals surface area contributed by atoms with Crippen LogP contribution in [0, 0.1) is 5.82 Å². The molecular weight excluding hydrogens is 405 g/mol. The molecule has 0 spiro atoms. The van der Waals surface area contributed by atoms with Crippen LogP contribution in [0.15, 0.2) is 54.7 Å². The summed E-state index contributed by atoms with van der Waals surface area (Å²) >= 11 is 0. The van der Waals surface area contributed by atoms with Gasteiger partial charge in [-0.2, -0.15) is 0 Å². The maximum atomic E-state index is 14.1. The SMILES string of the molecule is CN(C)c1ncc(-c2cccc(C(N)=O)c2)c(C2CCN(Cc3ccccc3F)CC2)n1. The van der Waals surface area contributed by atoms with Gasteiger partial charge in [0.2, 0.25) is 11.9 Å². The molecule has 1 saturated heterocycles. The summed E-state index contributed by atoms with van der Waals surface area (Å²) in [6.07, 6.45) is 3.67. The number of amides is 1. The van der Waals surface area contributed by atoms with Gasteiger partial charge in [-0.15, -0.1) is 0 Å². The Labute approximate surface area is 187 Å². The average molecular weight is 434 g/mol. The van der Waals surface area contributed by atoms with E-state index in [9.17, 15) is 9.18 Å². The van der Waals surface area contributed by atoms with Crippen LogP contribution >= 0.6 is 0 Å².